The van der Waals surface area contributed by atoms with Crippen molar-refractivity contribution < 1.29 is 19.4 Å². The third-order valence-corrected chi connectivity index (χ3v) is 3.01. The molecule has 5 nitrogen and oxygen atoms in total. The molecule has 2 N–H and O–H groups in total. The molecule has 0 saturated heterocycles. The van der Waals surface area contributed by atoms with Crippen molar-refractivity contribution in [1.29, 1.82) is 0 Å². The Balaban J connectivity index is 2.72. The predicted molar refractivity (Wildman–Crippen MR) is 69.5 cm³/mol. The van der Waals surface area contributed by atoms with Crippen LogP contribution in [0, 0.1) is 0 Å². The number of carbonyl (C=O) groups excluding carboxylic acids is 1. The van der Waals surface area contributed by atoms with Crippen LogP contribution in [0.1, 0.15) is 31.7 Å². The lowest BCUT2D eigenvalue weighted by Crippen LogP contribution is -2.13. The van der Waals surface area contributed by atoms with Crippen LogP contribution in [-0.2, 0) is 4.79 Å². The molecule has 1 unspecified atom stereocenters. The molecule has 0 amide bonds. The molecule has 0 radical (unpaired) electrons. The zero-order valence-corrected chi connectivity index (χ0v) is 10.6. The van der Waals surface area contributed by atoms with Gasteiger partial charge < -0.3 is 19.4 Å². The highest BCUT2D eigenvalue weighted by molar-refractivity contribution is 5.90. The van der Waals surface area contributed by atoms with E-state index in [1.165, 1.54) is 25.1 Å². The minimum absolute atomic E-state index is 0.0178. The van der Waals surface area contributed by atoms with Crippen molar-refractivity contribution in [3.63, 3.8) is 0 Å². The number of benzene rings is 1. The van der Waals surface area contributed by atoms with E-state index in [1.54, 1.807) is 6.92 Å². The summed E-state index contributed by atoms with van der Waals surface area (Å²) in [5.74, 6) is -1.06. The van der Waals surface area contributed by atoms with Crippen LogP contribution in [0.3, 0.4) is 0 Å². The predicted octanol–water partition coefficient (Wildman–Crippen LogP) is 2.29. The molecule has 1 heterocycles. The summed E-state index contributed by atoms with van der Waals surface area (Å²) in [5.41, 5.74) is -0.560. The van der Waals surface area contributed by atoms with E-state index in [0.29, 0.717) is 0 Å². The highest BCUT2D eigenvalue weighted by Gasteiger charge is 2.22. The van der Waals surface area contributed by atoms with Gasteiger partial charge in [0.05, 0.1) is 5.56 Å². The molecule has 0 bridgehead atoms. The van der Waals surface area contributed by atoms with Crippen LogP contribution in [0.5, 0.6) is 11.5 Å². The highest BCUT2D eigenvalue weighted by Crippen LogP contribution is 2.36. The number of hydrogen-bond acceptors (Lipinski definition) is 5. The Kier molecular flexibility index (Phi) is 3.29. The van der Waals surface area contributed by atoms with Gasteiger partial charge in [0.15, 0.2) is 0 Å². The van der Waals surface area contributed by atoms with Crippen LogP contribution < -0.4 is 5.63 Å². The lowest BCUT2D eigenvalue weighted by atomic mass is 9.95. The van der Waals surface area contributed by atoms with Crippen LogP contribution in [-0.4, -0.2) is 16.0 Å². The first kappa shape index (κ1) is 13.1. The molecule has 1 aromatic heterocycles. The van der Waals surface area contributed by atoms with E-state index in [4.69, 9.17) is 4.42 Å². The van der Waals surface area contributed by atoms with Crippen molar-refractivity contribution in [2.24, 2.45) is 0 Å². The fourth-order valence-corrected chi connectivity index (χ4v) is 2.20. The van der Waals surface area contributed by atoms with Gasteiger partial charge in [-0.05, 0) is 25.0 Å². The first-order chi connectivity index (χ1) is 8.91. The monoisotopic (exact) mass is 262 g/mol. The van der Waals surface area contributed by atoms with Crippen molar-refractivity contribution in [3.8, 4) is 11.5 Å². The molecule has 0 spiro atoms. The second-order valence-corrected chi connectivity index (χ2v) is 4.61. The molecule has 0 aliphatic carbocycles. The molecule has 2 aromatic rings. The first-order valence-electron chi connectivity index (χ1n) is 5.89. The molecule has 2 rings (SSSR count). The van der Waals surface area contributed by atoms with Gasteiger partial charge in [0.1, 0.15) is 28.3 Å². The van der Waals surface area contributed by atoms with E-state index in [-0.39, 0.29) is 40.2 Å². The molecule has 0 saturated carbocycles. The van der Waals surface area contributed by atoms with Crippen molar-refractivity contribution in [3.05, 3.63) is 34.2 Å². The summed E-state index contributed by atoms with van der Waals surface area (Å²) in [6.07, 6.45) is 0.122. The fourth-order valence-electron chi connectivity index (χ4n) is 2.20. The van der Waals surface area contributed by atoms with Gasteiger partial charge in [-0.1, -0.05) is 13.0 Å². The van der Waals surface area contributed by atoms with Gasteiger partial charge in [-0.3, -0.25) is 0 Å². The van der Waals surface area contributed by atoms with Crippen molar-refractivity contribution in [1.82, 2.24) is 0 Å². The SMILES string of the molecule is CC(=O)CC(C)c1c(O)c2c(O)cccc2oc1=O. The van der Waals surface area contributed by atoms with E-state index in [2.05, 4.69) is 0 Å². The smallest absolute Gasteiger partial charge is 0.343 e. The van der Waals surface area contributed by atoms with E-state index < -0.39 is 11.5 Å². The summed E-state index contributed by atoms with van der Waals surface area (Å²) in [7, 11) is 0. The van der Waals surface area contributed by atoms with E-state index in [9.17, 15) is 19.8 Å². The van der Waals surface area contributed by atoms with E-state index >= 15 is 0 Å². The lowest BCUT2D eigenvalue weighted by Gasteiger charge is -2.12. The van der Waals surface area contributed by atoms with Gasteiger partial charge >= 0.3 is 5.63 Å². The van der Waals surface area contributed by atoms with Gasteiger partial charge in [0.2, 0.25) is 0 Å². The molecular formula is C14H14O5. The Hall–Kier alpha value is -2.30. The molecule has 19 heavy (non-hydrogen) atoms. The quantitative estimate of drug-likeness (QED) is 0.828. The normalized spacial score (nSPS) is 12.5. The van der Waals surface area contributed by atoms with Gasteiger partial charge in [0.25, 0.3) is 0 Å². The highest BCUT2D eigenvalue weighted by atomic mass is 16.4. The summed E-state index contributed by atoms with van der Waals surface area (Å²) in [6.45, 7) is 3.06. The van der Waals surface area contributed by atoms with Crippen LogP contribution >= 0.6 is 0 Å². The zero-order chi connectivity index (χ0) is 14.2. The van der Waals surface area contributed by atoms with Crippen LogP contribution in [0.2, 0.25) is 0 Å². The number of phenolic OH excluding ortho intramolecular Hbond substituents is 1. The Labute approximate surface area is 109 Å². The maximum Gasteiger partial charge on any atom is 0.343 e. The third-order valence-electron chi connectivity index (χ3n) is 3.01. The number of Topliss-reactive ketones (excluding diaryl/α,β-unsaturated/α-hetero) is 1. The molecule has 5 heteroatoms. The number of carbonyl (C=O) groups is 1. The topological polar surface area (TPSA) is 87.7 Å². The average Bonchev–Trinajstić information content (AvgIpc) is 2.26. The minimum Gasteiger partial charge on any atom is -0.507 e. The molecule has 100 valence electrons. The molecular weight excluding hydrogens is 248 g/mol. The number of aromatic hydroxyl groups is 2. The molecule has 0 aliphatic rings. The van der Waals surface area contributed by atoms with Crippen molar-refractivity contribution in [2.75, 3.05) is 0 Å². The third kappa shape index (κ3) is 2.31. The average molecular weight is 262 g/mol. The number of fused-ring (bicyclic) bond motifs is 1. The van der Waals surface area contributed by atoms with Crippen LogP contribution in [0.15, 0.2) is 27.4 Å². The Morgan fingerprint density at radius 2 is 2.05 bits per heavy atom. The molecule has 0 fully saturated rings. The fraction of sp³-hybridized carbons (Fsp3) is 0.286. The number of rotatable bonds is 3. The maximum atomic E-state index is 11.9. The molecule has 1 aromatic carbocycles. The second kappa shape index (κ2) is 4.76. The minimum atomic E-state index is -0.690. The van der Waals surface area contributed by atoms with Crippen LogP contribution in [0.25, 0.3) is 11.0 Å². The Morgan fingerprint density at radius 3 is 2.68 bits per heavy atom. The largest absolute Gasteiger partial charge is 0.507 e. The second-order valence-electron chi connectivity index (χ2n) is 4.61. The van der Waals surface area contributed by atoms with Gasteiger partial charge in [-0.15, -0.1) is 0 Å². The van der Waals surface area contributed by atoms with E-state index in [1.807, 2.05) is 0 Å². The summed E-state index contributed by atoms with van der Waals surface area (Å²) in [4.78, 5) is 23.0. The maximum absolute atomic E-state index is 11.9. The lowest BCUT2D eigenvalue weighted by molar-refractivity contribution is -0.117. The summed E-state index contributed by atoms with van der Waals surface area (Å²) < 4.78 is 5.07. The zero-order valence-electron chi connectivity index (χ0n) is 10.6. The summed E-state index contributed by atoms with van der Waals surface area (Å²) >= 11 is 0. The van der Waals surface area contributed by atoms with Crippen molar-refractivity contribution in [2.45, 2.75) is 26.2 Å². The van der Waals surface area contributed by atoms with Gasteiger partial charge in [-0.2, -0.15) is 0 Å². The number of ketones is 1. The summed E-state index contributed by atoms with van der Waals surface area (Å²) in [6, 6.07) is 4.38. The number of phenols is 1. The Bertz CT molecular complexity index is 699. The molecule has 1 atom stereocenters. The number of hydrogen-bond donors (Lipinski definition) is 2. The molecule has 0 aliphatic heterocycles. The van der Waals surface area contributed by atoms with Gasteiger partial charge in [-0.25, -0.2) is 4.79 Å². The summed E-state index contributed by atoms with van der Waals surface area (Å²) in [5, 5.41) is 20.0. The van der Waals surface area contributed by atoms with E-state index in [0.717, 1.165) is 0 Å². The first-order valence-corrected chi connectivity index (χ1v) is 5.89. The van der Waals surface area contributed by atoms with Gasteiger partial charge in [0, 0.05) is 6.42 Å². The van der Waals surface area contributed by atoms with Crippen LogP contribution in [0.4, 0.5) is 0 Å². The Morgan fingerprint density at radius 1 is 1.37 bits per heavy atom. The standard InChI is InChI=1S/C14H14O5/c1-7(6-8(2)15)11-13(17)12-9(16)4-3-5-10(12)19-14(11)18/h3-5,7,16-17H,6H2,1-2H3. The van der Waals surface area contributed by atoms with Crippen molar-refractivity contribution >= 4 is 16.8 Å².